The highest BCUT2D eigenvalue weighted by molar-refractivity contribution is 9.10. The molecular weight excluding hydrogens is 332 g/mol. The molecule has 5 nitrogen and oxygen atoms in total. The minimum atomic E-state index is -1.04. The van der Waals surface area contributed by atoms with Gasteiger partial charge in [0, 0.05) is 10.2 Å². The van der Waals surface area contributed by atoms with Gasteiger partial charge in [0.15, 0.2) is 0 Å². The lowest BCUT2D eigenvalue weighted by atomic mass is 10.1. The molecule has 19 heavy (non-hydrogen) atoms. The summed E-state index contributed by atoms with van der Waals surface area (Å²) in [6.45, 7) is 0. The predicted molar refractivity (Wildman–Crippen MR) is 80.4 cm³/mol. The maximum atomic E-state index is 12.0. The summed E-state index contributed by atoms with van der Waals surface area (Å²) in [5, 5.41) is 11.6. The van der Waals surface area contributed by atoms with Crippen molar-refractivity contribution in [2.24, 2.45) is 0 Å². The highest BCUT2D eigenvalue weighted by atomic mass is 79.9. The number of hydrogen-bond acceptors (Lipinski definition) is 4. The molecule has 7 heteroatoms. The summed E-state index contributed by atoms with van der Waals surface area (Å²) in [5.41, 5.74) is 6.39. The van der Waals surface area contributed by atoms with Crippen molar-refractivity contribution in [3.05, 3.63) is 28.2 Å². The number of carbonyl (C=O) groups excluding carboxylic acids is 1. The highest BCUT2D eigenvalue weighted by Gasteiger charge is 2.21. The van der Waals surface area contributed by atoms with E-state index in [1.54, 1.807) is 12.1 Å². The van der Waals surface area contributed by atoms with Crippen molar-refractivity contribution in [1.29, 1.82) is 0 Å². The van der Waals surface area contributed by atoms with Crippen molar-refractivity contribution in [3.63, 3.8) is 0 Å². The first-order valence-corrected chi connectivity index (χ1v) is 7.72. The lowest BCUT2D eigenvalue weighted by Gasteiger charge is -2.14. The monoisotopic (exact) mass is 346 g/mol. The Bertz CT molecular complexity index is 482. The van der Waals surface area contributed by atoms with E-state index < -0.39 is 17.9 Å². The number of thioether (sulfide) groups is 1. The van der Waals surface area contributed by atoms with E-state index in [0.29, 0.717) is 27.9 Å². The number of hydrogen-bond donors (Lipinski definition) is 3. The molecule has 1 rings (SSSR count). The third kappa shape index (κ3) is 4.76. The van der Waals surface area contributed by atoms with Crippen LogP contribution in [-0.4, -0.2) is 35.0 Å². The third-order valence-electron chi connectivity index (χ3n) is 2.45. The van der Waals surface area contributed by atoms with Crippen molar-refractivity contribution >= 4 is 45.3 Å². The van der Waals surface area contributed by atoms with Crippen LogP contribution in [0.5, 0.6) is 0 Å². The highest BCUT2D eigenvalue weighted by Crippen LogP contribution is 2.19. The maximum absolute atomic E-state index is 12.0. The summed E-state index contributed by atoms with van der Waals surface area (Å²) in [4.78, 5) is 23.1. The van der Waals surface area contributed by atoms with Gasteiger partial charge in [0.05, 0.1) is 5.56 Å². The van der Waals surface area contributed by atoms with Gasteiger partial charge in [-0.25, -0.2) is 4.79 Å². The second kappa shape index (κ2) is 7.40. The van der Waals surface area contributed by atoms with E-state index in [0.717, 1.165) is 0 Å². The van der Waals surface area contributed by atoms with Crippen molar-refractivity contribution in [2.45, 2.75) is 12.5 Å². The van der Waals surface area contributed by atoms with Crippen LogP contribution in [0.15, 0.2) is 22.7 Å². The third-order valence-corrected chi connectivity index (χ3v) is 3.78. The Balaban J connectivity index is 2.81. The molecule has 0 saturated carbocycles. The summed E-state index contributed by atoms with van der Waals surface area (Å²) in [7, 11) is 0. The molecule has 0 bridgehead atoms. The number of nitrogen functional groups attached to an aromatic ring is 1. The Hall–Kier alpha value is -1.21. The lowest BCUT2D eigenvalue weighted by molar-refractivity contribution is -0.139. The standard InChI is InChI=1S/C12H15BrN2O3S/c1-19-5-4-10(12(17)18)15-11(16)8-6-7(14)2-3-9(8)13/h2-3,6,10H,4-5,14H2,1H3,(H,15,16)(H,17,18)/t10-/m1/s1. The normalized spacial score (nSPS) is 11.9. The molecule has 0 aliphatic carbocycles. The number of nitrogens with two attached hydrogens (primary N) is 1. The van der Waals surface area contributed by atoms with Crippen LogP contribution in [0.3, 0.4) is 0 Å². The average Bonchev–Trinajstić information content (AvgIpc) is 2.36. The summed E-state index contributed by atoms with van der Waals surface area (Å²) in [6, 6.07) is 3.92. The summed E-state index contributed by atoms with van der Waals surface area (Å²) in [6.07, 6.45) is 2.26. The number of carboxylic acid groups (broad SMARTS) is 1. The molecule has 0 saturated heterocycles. The van der Waals surface area contributed by atoms with Gasteiger partial charge in [0.1, 0.15) is 6.04 Å². The van der Waals surface area contributed by atoms with Gasteiger partial charge >= 0.3 is 5.97 Å². The van der Waals surface area contributed by atoms with Crippen molar-refractivity contribution in [2.75, 3.05) is 17.7 Å². The molecular formula is C12H15BrN2O3S. The summed E-state index contributed by atoms with van der Waals surface area (Å²) in [5.74, 6) is -0.829. The van der Waals surface area contributed by atoms with Crippen molar-refractivity contribution in [1.82, 2.24) is 5.32 Å². The molecule has 0 radical (unpaired) electrons. The molecule has 0 fully saturated rings. The van der Waals surface area contributed by atoms with Gasteiger partial charge in [-0.15, -0.1) is 0 Å². The molecule has 0 aromatic heterocycles. The molecule has 0 unspecified atom stereocenters. The Labute approximate surface area is 124 Å². The Kier molecular flexibility index (Phi) is 6.17. The molecule has 0 aliphatic heterocycles. The van der Waals surface area contributed by atoms with E-state index in [2.05, 4.69) is 21.2 Å². The van der Waals surface area contributed by atoms with Crippen LogP contribution in [0.25, 0.3) is 0 Å². The Morgan fingerprint density at radius 2 is 2.21 bits per heavy atom. The van der Waals surface area contributed by atoms with Gasteiger partial charge in [0.2, 0.25) is 0 Å². The SMILES string of the molecule is CSCC[C@@H](NC(=O)c1cc(N)ccc1Br)C(=O)O. The number of benzene rings is 1. The number of carbonyl (C=O) groups is 2. The molecule has 1 atom stereocenters. The van der Waals surface area contributed by atoms with Crippen LogP contribution in [0.2, 0.25) is 0 Å². The van der Waals surface area contributed by atoms with Crippen LogP contribution in [-0.2, 0) is 4.79 Å². The van der Waals surface area contributed by atoms with Crippen LogP contribution in [0.1, 0.15) is 16.8 Å². The quantitative estimate of drug-likeness (QED) is 0.684. The minimum absolute atomic E-state index is 0.329. The zero-order valence-corrected chi connectivity index (χ0v) is 12.8. The van der Waals surface area contributed by atoms with Crippen LogP contribution < -0.4 is 11.1 Å². The van der Waals surface area contributed by atoms with E-state index in [1.807, 2.05) is 6.26 Å². The largest absolute Gasteiger partial charge is 0.480 e. The predicted octanol–water partition coefficient (Wildman–Crippen LogP) is 1.97. The van der Waals surface area contributed by atoms with E-state index in [1.165, 1.54) is 17.8 Å². The summed E-state index contributed by atoms with van der Waals surface area (Å²) >= 11 is 4.77. The maximum Gasteiger partial charge on any atom is 0.326 e. The molecule has 0 spiro atoms. The number of rotatable bonds is 6. The zero-order valence-electron chi connectivity index (χ0n) is 10.4. The smallest absolute Gasteiger partial charge is 0.326 e. The minimum Gasteiger partial charge on any atom is -0.480 e. The molecule has 0 heterocycles. The second-order valence-electron chi connectivity index (χ2n) is 3.89. The fourth-order valence-electron chi connectivity index (χ4n) is 1.45. The first kappa shape index (κ1) is 15.8. The second-order valence-corrected chi connectivity index (χ2v) is 5.72. The molecule has 4 N–H and O–H groups in total. The lowest BCUT2D eigenvalue weighted by Crippen LogP contribution is -2.41. The molecule has 1 aromatic carbocycles. The summed E-state index contributed by atoms with van der Waals surface area (Å²) < 4.78 is 0.577. The van der Waals surface area contributed by atoms with Gasteiger partial charge in [0.25, 0.3) is 5.91 Å². The fraction of sp³-hybridized carbons (Fsp3) is 0.333. The number of aliphatic carboxylic acids is 1. The average molecular weight is 347 g/mol. The van der Waals surface area contributed by atoms with Gasteiger partial charge in [-0.1, -0.05) is 0 Å². The fourth-order valence-corrected chi connectivity index (χ4v) is 2.34. The van der Waals surface area contributed by atoms with E-state index in [9.17, 15) is 9.59 Å². The van der Waals surface area contributed by atoms with Crippen LogP contribution in [0.4, 0.5) is 5.69 Å². The van der Waals surface area contributed by atoms with Gasteiger partial charge in [-0.05, 0) is 52.6 Å². The number of amides is 1. The molecule has 104 valence electrons. The number of halogens is 1. The van der Waals surface area contributed by atoms with E-state index in [4.69, 9.17) is 10.8 Å². The number of anilines is 1. The van der Waals surface area contributed by atoms with E-state index >= 15 is 0 Å². The van der Waals surface area contributed by atoms with Crippen molar-refractivity contribution in [3.8, 4) is 0 Å². The Morgan fingerprint density at radius 3 is 2.79 bits per heavy atom. The molecule has 1 amide bonds. The first-order chi connectivity index (χ1) is 8.95. The number of nitrogens with one attached hydrogen (secondary N) is 1. The number of carboxylic acids is 1. The van der Waals surface area contributed by atoms with Gasteiger partial charge in [-0.3, -0.25) is 4.79 Å². The topological polar surface area (TPSA) is 92.4 Å². The van der Waals surface area contributed by atoms with E-state index in [-0.39, 0.29) is 0 Å². The molecule has 1 aromatic rings. The molecule has 0 aliphatic rings. The van der Waals surface area contributed by atoms with Gasteiger partial charge in [-0.2, -0.15) is 11.8 Å². The zero-order chi connectivity index (χ0) is 14.4. The Morgan fingerprint density at radius 1 is 1.53 bits per heavy atom. The van der Waals surface area contributed by atoms with Crippen molar-refractivity contribution < 1.29 is 14.7 Å². The van der Waals surface area contributed by atoms with Crippen LogP contribution >= 0.6 is 27.7 Å². The van der Waals surface area contributed by atoms with Crippen LogP contribution in [0, 0.1) is 0 Å². The van der Waals surface area contributed by atoms with Gasteiger partial charge < -0.3 is 16.2 Å². The first-order valence-electron chi connectivity index (χ1n) is 5.53.